The molecule has 0 aliphatic rings. The van der Waals surface area contributed by atoms with E-state index in [0.29, 0.717) is 41.5 Å². The summed E-state index contributed by atoms with van der Waals surface area (Å²) in [5.41, 5.74) is 2.63. The molecule has 7 nitrogen and oxygen atoms in total. The topological polar surface area (TPSA) is 90.2 Å². The average molecular weight is 413 g/mol. The summed E-state index contributed by atoms with van der Waals surface area (Å²) >= 11 is 0. The SMILES string of the molecule is COc1ccc(CNCC(O)COc2ccc3c(C)c(C)c(=O)oc3c2)cc1OC. The summed E-state index contributed by atoms with van der Waals surface area (Å²) in [4.78, 5) is 11.9. The van der Waals surface area contributed by atoms with Crippen LogP contribution in [0.15, 0.2) is 45.6 Å². The van der Waals surface area contributed by atoms with Crippen LogP contribution < -0.4 is 25.2 Å². The Kier molecular flexibility index (Phi) is 6.97. The number of methoxy groups -OCH3 is 2. The minimum Gasteiger partial charge on any atom is -0.493 e. The lowest BCUT2D eigenvalue weighted by Gasteiger charge is -2.14. The third-order valence-electron chi connectivity index (χ3n) is 5.03. The monoisotopic (exact) mass is 413 g/mol. The zero-order chi connectivity index (χ0) is 21.7. The third kappa shape index (κ3) is 4.93. The maximum Gasteiger partial charge on any atom is 0.339 e. The Morgan fingerprint density at radius 1 is 1.03 bits per heavy atom. The Hall–Kier alpha value is -3.03. The van der Waals surface area contributed by atoms with Gasteiger partial charge in [-0.1, -0.05) is 6.07 Å². The number of hydrogen-bond acceptors (Lipinski definition) is 7. The standard InChI is InChI=1S/C23H27NO6/c1-14-15(2)23(26)30-21-10-18(6-7-19(14)21)29-13-17(25)12-24-11-16-5-8-20(27-3)22(9-16)28-4/h5-10,17,24-25H,11-13H2,1-4H3. The average Bonchev–Trinajstić information content (AvgIpc) is 2.75. The number of aliphatic hydroxyl groups excluding tert-OH is 1. The van der Waals surface area contributed by atoms with Crippen LogP contribution in [0.5, 0.6) is 17.2 Å². The molecule has 160 valence electrons. The summed E-state index contributed by atoms with van der Waals surface area (Å²) in [6.45, 7) is 4.67. The molecule has 0 aliphatic heterocycles. The van der Waals surface area contributed by atoms with E-state index in [1.807, 2.05) is 31.2 Å². The number of aliphatic hydroxyl groups is 1. The van der Waals surface area contributed by atoms with Crippen molar-refractivity contribution in [2.45, 2.75) is 26.5 Å². The predicted octanol–water partition coefficient (Wildman–Crippen LogP) is 2.96. The summed E-state index contributed by atoms with van der Waals surface area (Å²) in [6.07, 6.45) is -0.701. The summed E-state index contributed by atoms with van der Waals surface area (Å²) in [6, 6.07) is 11.0. The zero-order valence-electron chi connectivity index (χ0n) is 17.7. The van der Waals surface area contributed by atoms with Crippen molar-refractivity contribution in [2.75, 3.05) is 27.4 Å². The molecule has 0 fully saturated rings. The van der Waals surface area contributed by atoms with Gasteiger partial charge in [0, 0.05) is 30.1 Å². The van der Waals surface area contributed by atoms with Gasteiger partial charge >= 0.3 is 5.63 Å². The molecule has 0 bridgehead atoms. The van der Waals surface area contributed by atoms with Crippen molar-refractivity contribution in [2.24, 2.45) is 0 Å². The molecule has 2 N–H and O–H groups in total. The zero-order valence-corrected chi connectivity index (χ0v) is 17.7. The highest BCUT2D eigenvalue weighted by atomic mass is 16.5. The van der Waals surface area contributed by atoms with Gasteiger partial charge in [0.15, 0.2) is 11.5 Å². The Balaban J connectivity index is 1.53. The van der Waals surface area contributed by atoms with Crippen LogP contribution in [0.3, 0.4) is 0 Å². The summed E-state index contributed by atoms with van der Waals surface area (Å²) in [5, 5.41) is 14.3. The second-order valence-corrected chi connectivity index (χ2v) is 7.08. The fraction of sp³-hybridized carbons (Fsp3) is 0.348. The van der Waals surface area contributed by atoms with E-state index in [2.05, 4.69) is 5.32 Å². The highest BCUT2D eigenvalue weighted by Gasteiger charge is 2.10. The number of aryl methyl sites for hydroxylation is 1. The van der Waals surface area contributed by atoms with E-state index in [0.717, 1.165) is 16.5 Å². The van der Waals surface area contributed by atoms with Crippen LogP contribution in [0.25, 0.3) is 11.0 Å². The van der Waals surface area contributed by atoms with E-state index in [4.69, 9.17) is 18.6 Å². The predicted molar refractivity (Wildman–Crippen MR) is 115 cm³/mol. The first-order chi connectivity index (χ1) is 14.4. The molecule has 0 radical (unpaired) electrons. The van der Waals surface area contributed by atoms with E-state index >= 15 is 0 Å². The Morgan fingerprint density at radius 2 is 1.80 bits per heavy atom. The van der Waals surface area contributed by atoms with E-state index < -0.39 is 6.10 Å². The minimum atomic E-state index is -0.701. The highest BCUT2D eigenvalue weighted by molar-refractivity contribution is 5.82. The molecule has 0 saturated carbocycles. The van der Waals surface area contributed by atoms with Crippen LogP contribution in [0.2, 0.25) is 0 Å². The summed E-state index contributed by atoms with van der Waals surface area (Å²) < 4.78 is 21.5. The molecule has 0 amide bonds. The van der Waals surface area contributed by atoms with Crippen molar-refractivity contribution in [3.8, 4) is 17.2 Å². The van der Waals surface area contributed by atoms with Gasteiger partial charge in [0.1, 0.15) is 24.0 Å². The van der Waals surface area contributed by atoms with Crippen LogP contribution in [-0.4, -0.2) is 38.6 Å². The first-order valence-electron chi connectivity index (χ1n) is 9.69. The maximum atomic E-state index is 11.9. The van der Waals surface area contributed by atoms with Crippen molar-refractivity contribution >= 4 is 11.0 Å². The van der Waals surface area contributed by atoms with Crippen LogP contribution in [0.1, 0.15) is 16.7 Å². The van der Waals surface area contributed by atoms with E-state index in [1.54, 1.807) is 33.3 Å². The largest absolute Gasteiger partial charge is 0.493 e. The number of ether oxygens (including phenoxy) is 3. The van der Waals surface area contributed by atoms with Gasteiger partial charge in [0.25, 0.3) is 0 Å². The van der Waals surface area contributed by atoms with E-state index in [9.17, 15) is 9.90 Å². The molecule has 0 saturated heterocycles. The van der Waals surface area contributed by atoms with E-state index in [1.165, 1.54) is 0 Å². The van der Waals surface area contributed by atoms with E-state index in [-0.39, 0.29) is 12.2 Å². The molecule has 1 atom stereocenters. The Bertz CT molecular complexity index is 1080. The fourth-order valence-electron chi connectivity index (χ4n) is 3.14. The Labute approximate surface area is 175 Å². The first kappa shape index (κ1) is 21.7. The van der Waals surface area contributed by atoms with Crippen LogP contribution in [-0.2, 0) is 6.54 Å². The summed E-state index contributed by atoms with van der Waals surface area (Å²) in [7, 11) is 3.19. The van der Waals surface area contributed by atoms with Crippen LogP contribution in [0.4, 0.5) is 0 Å². The fourth-order valence-corrected chi connectivity index (χ4v) is 3.14. The number of hydrogen-bond donors (Lipinski definition) is 2. The van der Waals surface area contributed by atoms with Crippen LogP contribution >= 0.6 is 0 Å². The molecule has 1 aromatic heterocycles. The van der Waals surface area contributed by atoms with Gasteiger partial charge in [0.2, 0.25) is 0 Å². The molecule has 3 aromatic rings. The van der Waals surface area contributed by atoms with Gasteiger partial charge in [-0.25, -0.2) is 4.79 Å². The van der Waals surface area contributed by atoms with Crippen molar-refractivity contribution in [1.29, 1.82) is 0 Å². The molecule has 1 heterocycles. The van der Waals surface area contributed by atoms with Gasteiger partial charge in [-0.15, -0.1) is 0 Å². The molecule has 7 heteroatoms. The minimum absolute atomic E-state index is 0.111. The molecule has 3 rings (SSSR count). The van der Waals surface area contributed by atoms with Crippen LogP contribution in [0, 0.1) is 13.8 Å². The highest BCUT2D eigenvalue weighted by Crippen LogP contribution is 2.27. The van der Waals surface area contributed by atoms with Crippen molar-refractivity contribution in [3.05, 3.63) is 63.5 Å². The number of rotatable bonds is 9. The molecular weight excluding hydrogens is 386 g/mol. The lowest BCUT2D eigenvalue weighted by molar-refractivity contribution is 0.106. The van der Waals surface area contributed by atoms with Crippen molar-refractivity contribution < 1.29 is 23.7 Å². The molecule has 2 aromatic carbocycles. The van der Waals surface area contributed by atoms with Gasteiger partial charge < -0.3 is 29.1 Å². The second-order valence-electron chi connectivity index (χ2n) is 7.08. The number of fused-ring (bicyclic) bond motifs is 1. The smallest absolute Gasteiger partial charge is 0.339 e. The first-order valence-corrected chi connectivity index (χ1v) is 9.69. The molecule has 0 aliphatic carbocycles. The number of nitrogens with one attached hydrogen (secondary N) is 1. The molecule has 30 heavy (non-hydrogen) atoms. The van der Waals surface area contributed by atoms with Crippen molar-refractivity contribution in [3.63, 3.8) is 0 Å². The van der Waals surface area contributed by atoms with Gasteiger partial charge in [-0.3, -0.25) is 0 Å². The lowest BCUT2D eigenvalue weighted by Crippen LogP contribution is -2.31. The molecule has 0 spiro atoms. The third-order valence-corrected chi connectivity index (χ3v) is 5.03. The van der Waals surface area contributed by atoms with Gasteiger partial charge in [-0.2, -0.15) is 0 Å². The molecule has 1 unspecified atom stereocenters. The summed E-state index contributed by atoms with van der Waals surface area (Å²) in [5.74, 6) is 1.87. The normalized spacial score (nSPS) is 12.0. The second kappa shape index (κ2) is 9.65. The molecular formula is C23H27NO6. The quantitative estimate of drug-likeness (QED) is 0.521. The van der Waals surface area contributed by atoms with Gasteiger partial charge in [0.05, 0.1) is 14.2 Å². The lowest BCUT2D eigenvalue weighted by atomic mass is 10.1. The maximum absolute atomic E-state index is 11.9. The van der Waals surface area contributed by atoms with Crippen molar-refractivity contribution in [1.82, 2.24) is 5.32 Å². The van der Waals surface area contributed by atoms with Gasteiger partial charge in [-0.05, 0) is 49.2 Å². The number of benzene rings is 2. The Morgan fingerprint density at radius 3 is 2.53 bits per heavy atom.